The zero-order valence-electron chi connectivity index (χ0n) is 10.7. The van der Waals surface area contributed by atoms with E-state index in [0.29, 0.717) is 11.4 Å². The van der Waals surface area contributed by atoms with Crippen molar-refractivity contribution in [3.05, 3.63) is 61.7 Å². The van der Waals surface area contributed by atoms with E-state index in [4.69, 9.17) is 0 Å². The molecule has 4 nitrogen and oxygen atoms in total. The Hall–Kier alpha value is -1.79. The smallest absolute Gasteiger partial charge is 0.313 e. The molecule has 2 heterocycles. The fraction of sp³-hybridized carbons (Fsp3) is 0.143. The predicted molar refractivity (Wildman–Crippen MR) is 83.8 cm³/mol. The molecular formula is C14H12N2O2S2. The SMILES string of the molecule is Cc1cc2cc(SCc3c[nH]c(=O)c(=O)[nH]3)ccc2s1. The summed E-state index contributed by atoms with van der Waals surface area (Å²) in [5.41, 5.74) is -0.512. The Morgan fingerprint density at radius 1 is 1.20 bits per heavy atom. The van der Waals surface area contributed by atoms with Crippen LogP contribution in [0, 0.1) is 6.92 Å². The molecule has 0 aliphatic heterocycles. The molecule has 0 atom stereocenters. The van der Waals surface area contributed by atoms with Gasteiger partial charge in [0.15, 0.2) is 0 Å². The summed E-state index contributed by atoms with van der Waals surface area (Å²) < 4.78 is 1.28. The summed E-state index contributed by atoms with van der Waals surface area (Å²) in [6.07, 6.45) is 1.55. The van der Waals surface area contributed by atoms with Gasteiger partial charge in [0.2, 0.25) is 0 Å². The highest BCUT2D eigenvalue weighted by atomic mass is 32.2. The molecule has 0 radical (unpaired) electrons. The minimum atomic E-state index is -0.617. The molecule has 0 spiro atoms. The molecule has 20 heavy (non-hydrogen) atoms. The van der Waals surface area contributed by atoms with Crippen LogP contribution in [-0.4, -0.2) is 9.97 Å². The molecule has 1 aromatic carbocycles. The molecule has 0 fully saturated rings. The van der Waals surface area contributed by atoms with E-state index in [1.165, 1.54) is 15.0 Å². The van der Waals surface area contributed by atoms with Crippen LogP contribution in [0.1, 0.15) is 10.6 Å². The van der Waals surface area contributed by atoms with Gasteiger partial charge in [-0.15, -0.1) is 23.1 Å². The summed E-state index contributed by atoms with van der Waals surface area (Å²) >= 11 is 3.41. The third-order valence-corrected chi connectivity index (χ3v) is 4.94. The summed E-state index contributed by atoms with van der Waals surface area (Å²) in [6.45, 7) is 2.10. The Kier molecular flexibility index (Phi) is 3.50. The van der Waals surface area contributed by atoms with Crippen molar-refractivity contribution < 1.29 is 0 Å². The van der Waals surface area contributed by atoms with Gasteiger partial charge in [0.05, 0.1) is 0 Å². The van der Waals surface area contributed by atoms with E-state index in [-0.39, 0.29) is 0 Å². The number of H-pyrrole nitrogens is 2. The van der Waals surface area contributed by atoms with Crippen molar-refractivity contribution in [2.75, 3.05) is 0 Å². The van der Waals surface area contributed by atoms with Gasteiger partial charge >= 0.3 is 11.1 Å². The van der Waals surface area contributed by atoms with Gasteiger partial charge in [0, 0.05) is 32.1 Å². The van der Waals surface area contributed by atoms with E-state index in [2.05, 4.69) is 41.2 Å². The van der Waals surface area contributed by atoms with Gasteiger partial charge in [0.1, 0.15) is 0 Å². The van der Waals surface area contributed by atoms with Crippen LogP contribution < -0.4 is 11.1 Å². The molecule has 6 heteroatoms. The van der Waals surface area contributed by atoms with Crippen LogP contribution in [0.3, 0.4) is 0 Å². The molecule has 0 saturated carbocycles. The summed E-state index contributed by atoms with van der Waals surface area (Å²) in [6, 6.07) is 8.51. The number of rotatable bonds is 3. The maximum absolute atomic E-state index is 11.2. The molecule has 2 N–H and O–H groups in total. The summed E-state index contributed by atoms with van der Waals surface area (Å²) in [5.74, 6) is 0.612. The molecule has 0 aliphatic carbocycles. The Labute approximate surface area is 122 Å². The first kappa shape index (κ1) is 13.2. The maximum Gasteiger partial charge on any atom is 0.313 e. The minimum Gasteiger partial charge on any atom is -0.323 e. The van der Waals surface area contributed by atoms with E-state index in [1.807, 2.05) is 0 Å². The molecular weight excluding hydrogens is 292 g/mol. The molecule has 0 bridgehead atoms. The van der Waals surface area contributed by atoms with E-state index < -0.39 is 11.1 Å². The lowest BCUT2D eigenvalue weighted by Crippen LogP contribution is -2.29. The molecule has 3 rings (SSSR count). The largest absolute Gasteiger partial charge is 0.323 e. The molecule has 102 valence electrons. The van der Waals surface area contributed by atoms with Gasteiger partial charge in [0.25, 0.3) is 0 Å². The van der Waals surface area contributed by atoms with Crippen LogP contribution in [0.25, 0.3) is 10.1 Å². The number of aromatic amines is 2. The van der Waals surface area contributed by atoms with Crippen LogP contribution in [0.2, 0.25) is 0 Å². The number of thiophene rings is 1. The number of fused-ring (bicyclic) bond motifs is 1. The van der Waals surface area contributed by atoms with Gasteiger partial charge in [-0.25, -0.2) is 0 Å². The Balaban J connectivity index is 1.80. The van der Waals surface area contributed by atoms with Crippen LogP contribution in [0.5, 0.6) is 0 Å². The first-order valence-electron chi connectivity index (χ1n) is 6.06. The third kappa shape index (κ3) is 2.71. The maximum atomic E-state index is 11.2. The zero-order valence-corrected chi connectivity index (χ0v) is 12.4. The highest BCUT2D eigenvalue weighted by Gasteiger charge is 2.03. The first-order chi connectivity index (χ1) is 9.61. The van der Waals surface area contributed by atoms with Crippen LogP contribution >= 0.6 is 23.1 Å². The molecule has 0 amide bonds. The zero-order chi connectivity index (χ0) is 14.1. The number of hydrogen-bond acceptors (Lipinski definition) is 4. The summed E-state index contributed by atoms with van der Waals surface area (Å²) in [4.78, 5) is 29.6. The normalized spacial score (nSPS) is 11.1. The van der Waals surface area contributed by atoms with Crippen molar-refractivity contribution in [1.82, 2.24) is 9.97 Å². The Morgan fingerprint density at radius 2 is 2.05 bits per heavy atom. The monoisotopic (exact) mass is 304 g/mol. The average Bonchev–Trinajstić information content (AvgIpc) is 2.79. The van der Waals surface area contributed by atoms with Crippen molar-refractivity contribution in [2.45, 2.75) is 17.6 Å². The quantitative estimate of drug-likeness (QED) is 0.577. The average molecular weight is 304 g/mol. The second kappa shape index (κ2) is 5.30. The van der Waals surface area contributed by atoms with Gasteiger partial charge < -0.3 is 9.97 Å². The molecule has 2 aromatic heterocycles. The minimum absolute atomic E-state index is 0.605. The molecule has 0 aliphatic rings. The van der Waals surface area contributed by atoms with E-state index in [1.54, 1.807) is 29.3 Å². The number of aromatic nitrogens is 2. The van der Waals surface area contributed by atoms with Crippen LogP contribution in [0.4, 0.5) is 0 Å². The summed E-state index contributed by atoms with van der Waals surface area (Å²) in [7, 11) is 0. The van der Waals surface area contributed by atoms with Gasteiger partial charge in [-0.1, -0.05) is 0 Å². The topological polar surface area (TPSA) is 65.7 Å². The van der Waals surface area contributed by atoms with Crippen molar-refractivity contribution in [3.63, 3.8) is 0 Å². The lowest BCUT2D eigenvalue weighted by molar-refractivity contribution is 1.01. The highest BCUT2D eigenvalue weighted by Crippen LogP contribution is 2.30. The van der Waals surface area contributed by atoms with Crippen molar-refractivity contribution in [2.24, 2.45) is 0 Å². The van der Waals surface area contributed by atoms with E-state index >= 15 is 0 Å². The van der Waals surface area contributed by atoms with E-state index in [0.717, 1.165) is 4.90 Å². The van der Waals surface area contributed by atoms with Crippen molar-refractivity contribution in [1.29, 1.82) is 0 Å². The number of benzene rings is 1. The first-order valence-corrected chi connectivity index (χ1v) is 7.86. The standard InChI is InChI=1S/C14H12N2O2S2/c1-8-4-9-5-11(2-3-12(9)20-8)19-7-10-6-15-13(17)14(18)16-10/h2-6H,7H2,1H3,(H,15,17)(H,16,18). The highest BCUT2D eigenvalue weighted by molar-refractivity contribution is 7.98. The molecule has 0 saturated heterocycles. The predicted octanol–water partition coefficient (Wildman–Crippen LogP) is 2.88. The number of aryl methyl sites for hydroxylation is 1. The lowest BCUT2D eigenvalue weighted by atomic mass is 10.2. The van der Waals surface area contributed by atoms with Crippen molar-refractivity contribution in [3.8, 4) is 0 Å². The van der Waals surface area contributed by atoms with Gasteiger partial charge in [-0.05, 0) is 36.6 Å². The third-order valence-electron chi connectivity index (χ3n) is 2.86. The van der Waals surface area contributed by atoms with E-state index in [9.17, 15) is 9.59 Å². The number of thioether (sulfide) groups is 1. The second-order valence-corrected chi connectivity index (χ2v) is 6.78. The van der Waals surface area contributed by atoms with Crippen LogP contribution in [-0.2, 0) is 5.75 Å². The van der Waals surface area contributed by atoms with Gasteiger partial charge in [-0.2, -0.15) is 0 Å². The lowest BCUT2D eigenvalue weighted by Gasteiger charge is -2.02. The van der Waals surface area contributed by atoms with Crippen molar-refractivity contribution >= 4 is 33.2 Å². The molecule has 0 unspecified atom stereocenters. The number of nitrogens with one attached hydrogen (secondary N) is 2. The van der Waals surface area contributed by atoms with Crippen LogP contribution in [0.15, 0.2) is 44.9 Å². The summed E-state index contributed by atoms with van der Waals surface area (Å²) in [5, 5.41) is 1.24. The Morgan fingerprint density at radius 3 is 2.85 bits per heavy atom. The second-order valence-electron chi connectivity index (χ2n) is 4.44. The fourth-order valence-electron chi connectivity index (χ4n) is 1.94. The Bertz CT molecular complexity index is 877. The van der Waals surface area contributed by atoms with Gasteiger partial charge in [-0.3, -0.25) is 9.59 Å². The fourth-order valence-corrected chi connectivity index (χ4v) is 3.70. The molecule has 3 aromatic rings. The number of hydrogen-bond donors (Lipinski definition) is 2.